The first-order valence-electron chi connectivity index (χ1n) is 10.2. The van der Waals surface area contributed by atoms with Crippen LogP contribution in [0.2, 0.25) is 0 Å². The number of hydrogen-bond acceptors (Lipinski definition) is 6. The van der Waals surface area contributed by atoms with Crippen LogP contribution in [0.25, 0.3) is 0 Å². The van der Waals surface area contributed by atoms with E-state index in [-0.39, 0.29) is 42.7 Å². The maximum absolute atomic E-state index is 14.1. The van der Waals surface area contributed by atoms with Gasteiger partial charge in [0.1, 0.15) is 12.4 Å². The fourth-order valence-electron chi connectivity index (χ4n) is 4.28. The number of benzene rings is 1. The number of rotatable bonds is 4. The van der Waals surface area contributed by atoms with Crippen molar-refractivity contribution >= 4 is 17.5 Å². The molecule has 1 aromatic carbocycles. The Morgan fingerprint density at radius 2 is 2.06 bits per heavy atom. The van der Waals surface area contributed by atoms with Crippen molar-refractivity contribution in [1.29, 1.82) is 0 Å². The second-order valence-corrected chi connectivity index (χ2v) is 7.86. The Morgan fingerprint density at radius 3 is 2.87 bits per heavy atom. The third kappa shape index (κ3) is 3.58. The number of para-hydroxylation sites is 1. The lowest BCUT2D eigenvalue weighted by Crippen LogP contribution is -2.38. The fourth-order valence-corrected chi connectivity index (χ4v) is 4.28. The zero-order valence-electron chi connectivity index (χ0n) is 16.9. The average molecular weight is 424 g/mol. The van der Waals surface area contributed by atoms with Gasteiger partial charge in [0.2, 0.25) is 0 Å². The van der Waals surface area contributed by atoms with Crippen molar-refractivity contribution in [3.05, 3.63) is 59.6 Å². The summed E-state index contributed by atoms with van der Waals surface area (Å²) < 4.78 is 20.7. The molecule has 1 saturated heterocycles. The Balaban J connectivity index is 1.31. The molecule has 0 radical (unpaired) electrons. The fraction of sp³-hybridized carbons (Fsp3) is 0.381. The van der Waals surface area contributed by atoms with Gasteiger partial charge in [-0.2, -0.15) is 0 Å². The minimum Gasteiger partial charge on any atom is -0.448 e. The van der Waals surface area contributed by atoms with Crippen molar-refractivity contribution in [2.75, 3.05) is 18.0 Å². The van der Waals surface area contributed by atoms with Gasteiger partial charge in [-0.05, 0) is 18.1 Å². The Labute approximate surface area is 177 Å². The third-order valence-electron chi connectivity index (χ3n) is 5.75. The molecular weight excluding hydrogens is 403 g/mol. The number of likely N-dealkylation sites (tertiary alicyclic amines) is 1. The molecule has 10 heteroatoms. The van der Waals surface area contributed by atoms with Crippen LogP contribution in [0.4, 0.5) is 10.1 Å². The van der Waals surface area contributed by atoms with Crippen LogP contribution in [0.5, 0.6) is 0 Å². The van der Waals surface area contributed by atoms with Gasteiger partial charge >= 0.3 is 0 Å². The van der Waals surface area contributed by atoms with E-state index < -0.39 is 12.2 Å². The number of anilines is 1. The van der Waals surface area contributed by atoms with E-state index in [1.165, 1.54) is 15.8 Å². The number of oxazole rings is 1. The number of fused-ring (bicyclic) bond motifs is 1. The minimum atomic E-state index is -1.13. The number of aryl methyl sites for hydroxylation is 1. The third-order valence-corrected chi connectivity index (χ3v) is 5.75. The summed E-state index contributed by atoms with van der Waals surface area (Å²) in [5.41, 5.74) is 2.38. The van der Waals surface area contributed by atoms with Crippen LogP contribution in [0.3, 0.4) is 0 Å². The molecule has 2 atom stereocenters. The molecule has 5 rings (SSSR count). The van der Waals surface area contributed by atoms with Gasteiger partial charge in [-0.25, -0.2) is 14.1 Å². The highest BCUT2D eigenvalue weighted by molar-refractivity contribution is 6.05. The lowest BCUT2D eigenvalue weighted by molar-refractivity contribution is 0.0708. The predicted molar refractivity (Wildman–Crippen MR) is 107 cm³/mol. The Bertz CT molecular complexity index is 1140. The highest BCUT2D eigenvalue weighted by Crippen LogP contribution is 2.29. The number of halogens is 1. The molecule has 0 spiro atoms. The first kappa shape index (κ1) is 19.4. The zero-order chi connectivity index (χ0) is 21.5. The van der Waals surface area contributed by atoms with Gasteiger partial charge in [0, 0.05) is 25.6 Å². The van der Waals surface area contributed by atoms with E-state index in [1.54, 1.807) is 18.0 Å². The Morgan fingerprint density at radius 1 is 1.23 bits per heavy atom. The van der Waals surface area contributed by atoms with Gasteiger partial charge in [0.05, 0.1) is 25.3 Å². The van der Waals surface area contributed by atoms with Crippen LogP contribution in [0, 0.1) is 6.92 Å². The first-order valence-corrected chi connectivity index (χ1v) is 10.2. The van der Waals surface area contributed by atoms with Gasteiger partial charge in [0.25, 0.3) is 11.8 Å². The van der Waals surface area contributed by atoms with Crippen molar-refractivity contribution in [2.45, 2.75) is 38.5 Å². The lowest BCUT2D eigenvalue weighted by Gasteiger charge is -2.23. The van der Waals surface area contributed by atoms with Crippen molar-refractivity contribution in [1.82, 2.24) is 24.9 Å². The monoisotopic (exact) mass is 424 g/mol. The largest absolute Gasteiger partial charge is 0.448 e. The summed E-state index contributed by atoms with van der Waals surface area (Å²) in [6.07, 6.45) is 2.69. The number of amides is 2. The Kier molecular flexibility index (Phi) is 4.76. The van der Waals surface area contributed by atoms with E-state index in [4.69, 9.17) is 4.42 Å². The van der Waals surface area contributed by atoms with Crippen molar-refractivity contribution in [3.63, 3.8) is 0 Å². The van der Waals surface area contributed by atoms with Crippen LogP contribution in [0.15, 0.2) is 41.1 Å². The van der Waals surface area contributed by atoms with Gasteiger partial charge in [-0.1, -0.05) is 23.4 Å². The van der Waals surface area contributed by atoms with E-state index in [1.807, 2.05) is 24.3 Å². The smallest absolute Gasteiger partial charge is 0.280 e. The Hall–Kier alpha value is -3.56. The first-order chi connectivity index (χ1) is 15.0. The number of carbonyl (C=O) groups is 2. The molecule has 9 nitrogen and oxygen atoms in total. The predicted octanol–water partition coefficient (Wildman–Crippen LogP) is 2.03. The van der Waals surface area contributed by atoms with Crippen molar-refractivity contribution in [2.24, 2.45) is 0 Å². The van der Waals surface area contributed by atoms with Crippen molar-refractivity contribution in [3.8, 4) is 0 Å². The lowest BCUT2D eigenvalue weighted by atomic mass is 10.2. The molecule has 0 bridgehead atoms. The van der Waals surface area contributed by atoms with Crippen LogP contribution in [-0.2, 0) is 13.0 Å². The van der Waals surface area contributed by atoms with E-state index >= 15 is 0 Å². The quantitative estimate of drug-likeness (QED) is 0.636. The van der Waals surface area contributed by atoms with Crippen LogP contribution < -0.4 is 4.90 Å². The van der Waals surface area contributed by atoms with E-state index in [9.17, 15) is 14.0 Å². The molecule has 0 N–H and O–H groups in total. The molecule has 2 aliphatic rings. The average Bonchev–Trinajstić information content (AvgIpc) is 3.54. The summed E-state index contributed by atoms with van der Waals surface area (Å²) in [5, 5.41) is 8.07. The molecule has 2 aromatic heterocycles. The second kappa shape index (κ2) is 7.60. The zero-order valence-corrected chi connectivity index (χ0v) is 16.9. The molecule has 4 heterocycles. The summed E-state index contributed by atoms with van der Waals surface area (Å²) in [6, 6.07) is 7.36. The standard InChI is InChI=1S/C21H21FN6O3/c1-13-23-18(12-31-13)21(30)28-9-15(22)8-16(28)10-26-11-17(24-25-26)20(29)27-7-6-14-4-2-3-5-19(14)27/h2-5,11-12,15-16H,6-10H2,1H3/t15-,16-/m0/s1. The number of hydrogen-bond donors (Lipinski definition) is 0. The summed E-state index contributed by atoms with van der Waals surface area (Å²) in [6.45, 7) is 2.46. The number of alkyl halides is 1. The van der Waals surface area contributed by atoms with E-state index in [0.717, 1.165) is 17.7 Å². The van der Waals surface area contributed by atoms with Gasteiger partial charge in [-0.3, -0.25) is 9.59 Å². The van der Waals surface area contributed by atoms with Crippen LogP contribution in [-0.4, -0.2) is 62.0 Å². The van der Waals surface area contributed by atoms with Crippen LogP contribution >= 0.6 is 0 Å². The molecule has 160 valence electrons. The minimum absolute atomic E-state index is 0.0134. The van der Waals surface area contributed by atoms with E-state index in [2.05, 4.69) is 15.3 Å². The molecule has 31 heavy (non-hydrogen) atoms. The maximum atomic E-state index is 14.1. The SMILES string of the molecule is Cc1nc(C(=O)N2C[C@@H](F)C[C@H]2Cn2cc(C(=O)N3CCc4ccccc43)nn2)co1. The molecule has 0 unspecified atom stereocenters. The summed E-state index contributed by atoms with van der Waals surface area (Å²) >= 11 is 0. The highest BCUT2D eigenvalue weighted by atomic mass is 19.1. The molecule has 1 fully saturated rings. The van der Waals surface area contributed by atoms with Crippen LogP contribution in [0.1, 0.15) is 38.9 Å². The topological polar surface area (TPSA) is 97.4 Å². The molecule has 0 saturated carbocycles. The molecule has 2 aliphatic heterocycles. The number of carbonyl (C=O) groups excluding carboxylic acids is 2. The number of aromatic nitrogens is 4. The normalized spacial score (nSPS) is 20.3. The molecule has 0 aliphatic carbocycles. The van der Waals surface area contributed by atoms with Crippen molar-refractivity contribution < 1.29 is 18.4 Å². The highest BCUT2D eigenvalue weighted by Gasteiger charge is 2.37. The number of nitrogens with zero attached hydrogens (tertiary/aromatic N) is 6. The molecule has 2 amide bonds. The molecular formula is C21H21FN6O3. The van der Waals surface area contributed by atoms with Gasteiger partial charge in [-0.15, -0.1) is 5.10 Å². The maximum Gasteiger partial charge on any atom is 0.280 e. The van der Waals surface area contributed by atoms with Gasteiger partial charge < -0.3 is 14.2 Å². The van der Waals surface area contributed by atoms with Gasteiger partial charge in [0.15, 0.2) is 17.3 Å². The molecule has 3 aromatic rings. The second-order valence-electron chi connectivity index (χ2n) is 7.86. The van der Waals surface area contributed by atoms with E-state index in [0.29, 0.717) is 12.4 Å². The summed E-state index contributed by atoms with van der Waals surface area (Å²) in [5.74, 6) is -0.233. The summed E-state index contributed by atoms with van der Waals surface area (Å²) in [4.78, 5) is 32.9. The summed E-state index contributed by atoms with van der Waals surface area (Å²) in [7, 11) is 0.